The van der Waals surface area contributed by atoms with Crippen LogP contribution in [0.1, 0.15) is 28.5 Å². The van der Waals surface area contributed by atoms with E-state index in [-0.39, 0.29) is 11.3 Å². The molecule has 1 aromatic carbocycles. The van der Waals surface area contributed by atoms with Crippen molar-refractivity contribution in [3.05, 3.63) is 69.6 Å². The van der Waals surface area contributed by atoms with Gasteiger partial charge in [0, 0.05) is 35.5 Å². The molecule has 0 fully saturated rings. The van der Waals surface area contributed by atoms with Crippen LogP contribution in [-0.2, 0) is 6.54 Å². The molecule has 2 heterocycles. The SMILES string of the molecule is CCn1c(C)cc(=O)c2cc(C(=O)Nc3ncccc3C)ccc21. The van der Waals surface area contributed by atoms with E-state index in [0.29, 0.717) is 16.8 Å². The lowest BCUT2D eigenvalue weighted by atomic mass is 10.1. The van der Waals surface area contributed by atoms with Crippen molar-refractivity contribution in [2.75, 3.05) is 5.32 Å². The summed E-state index contributed by atoms with van der Waals surface area (Å²) in [6.45, 7) is 6.59. The van der Waals surface area contributed by atoms with Crippen molar-refractivity contribution in [2.24, 2.45) is 0 Å². The van der Waals surface area contributed by atoms with Gasteiger partial charge in [0.2, 0.25) is 0 Å². The zero-order valence-corrected chi connectivity index (χ0v) is 14.0. The van der Waals surface area contributed by atoms with Gasteiger partial charge in [-0.25, -0.2) is 4.98 Å². The number of nitrogens with zero attached hydrogens (tertiary/aromatic N) is 2. The Morgan fingerprint density at radius 1 is 1.21 bits per heavy atom. The number of nitrogens with one attached hydrogen (secondary N) is 1. The van der Waals surface area contributed by atoms with E-state index in [2.05, 4.69) is 14.9 Å². The zero-order valence-electron chi connectivity index (χ0n) is 14.0. The summed E-state index contributed by atoms with van der Waals surface area (Å²) in [6, 6.07) is 10.5. The van der Waals surface area contributed by atoms with Crippen LogP contribution in [-0.4, -0.2) is 15.5 Å². The number of aromatic nitrogens is 2. The van der Waals surface area contributed by atoms with Crippen LogP contribution in [0.25, 0.3) is 10.9 Å². The van der Waals surface area contributed by atoms with Crippen LogP contribution in [0.4, 0.5) is 5.82 Å². The summed E-state index contributed by atoms with van der Waals surface area (Å²) in [6.07, 6.45) is 1.63. The summed E-state index contributed by atoms with van der Waals surface area (Å²) >= 11 is 0. The van der Waals surface area contributed by atoms with E-state index < -0.39 is 0 Å². The standard InChI is InChI=1S/C19H19N3O2/c1-4-22-13(3)10-17(23)15-11-14(7-8-16(15)22)19(24)21-18-12(2)6-5-9-20-18/h5-11H,4H2,1-3H3,(H,20,21,24). The number of hydrogen-bond acceptors (Lipinski definition) is 3. The van der Waals surface area contributed by atoms with Crippen molar-refractivity contribution in [1.29, 1.82) is 0 Å². The average Bonchev–Trinajstić information content (AvgIpc) is 2.57. The molecular formula is C19H19N3O2. The number of pyridine rings is 2. The average molecular weight is 321 g/mol. The Hall–Kier alpha value is -2.95. The molecule has 24 heavy (non-hydrogen) atoms. The van der Waals surface area contributed by atoms with E-state index in [1.165, 1.54) is 0 Å². The molecule has 1 amide bonds. The minimum atomic E-state index is -0.276. The topological polar surface area (TPSA) is 64.0 Å². The normalized spacial score (nSPS) is 10.8. The van der Waals surface area contributed by atoms with Crippen molar-refractivity contribution >= 4 is 22.6 Å². The molecule has 0 unspecified atom stereocenters. The Morgan fingerprint density at radius 3 is 2.71 bits per heavy atom. The molecule has 0 bridgehead atoms. The molecule has 5 heteroatoms. The number of anilines is 1. The predicted octanol–water partition coefficient (Wildman–Crippen LogP) is 3.29. The van der Waals surface area contributed by atoms with Gasteiger partial charge in [0.1, 0.15) is 5.82 Å². The van der Waals surface area contributed by atoms with Crippen LogP contribution < -0.4 is 10.7 Å². The minimum Gasteiger partial charge on any atom is -0.345 e. The highest BCUT2D eigenvalue weighted by atomic mass is 16.1. The summed E-state index contributed by atoms with van der Waals surface area (Å²) in [5, 5.41) is 3.34. The molecule has 1 N–H and O–H groups in total. The quantitative estimate of drug-likeness (QED) is 0.805. The first-order valence-electron chi connectivity index (χ1n) is 7.88. The molecule has 122 valence electrons. The Balaban J connectivity index is 2.04. The Labute approximate surface area is 140 Å². The largest absolute Gasteiger partial charge is 0.345 e. The highest BCUT2D eigenvalue weighted by molar-refractivity contribution is 6.06. The maximum Gasteiger partial charge on any atom is 0.256 e. The number of amides is 1. The van der Waals surface area contributed by atoms with Gasteiger partial charge in [-0.2, -0.15) is 0 Å². The van der Waals surface area contributed by atoms with Gasteiger partial charge in [-0.3, -0.25) is 9.59 Å². The lowest BCUT2D eigenvalue weighted by Gasteiger charge is -2.13. The number of benzene rings is 1. The van der Waals surface area contributed by atoms with Gasteiger partial charge < -0.3 is 9.88 Å². The van der Waals surface area contributed by atoms with E-state index in [9.17, 15) is 9.59 Å². The number of carbonyl (C=O) groups is 1. The van der Waals surface area contributed by atoms with Crippen molar-refractivity contribution in [1.82, 2.24) is 9.55 Å². The Kier molecular flexibility index (Phi) is 4.16. The molecule has 0 radical (unpaired) electrons. The molecule has 0 saturated heterocycles. The third-order valence-electron chi connectivity index (χ3n) is 4.14. The zero-order chi connectivity index (χ0) is 17.3. The maximum atomic E-state index is 12.5. The summed E-state index contributed by atoms with van der Waals surface area (Å²) in [5.74, 6) is 0.249. The second-order valence-electron chi connectivity index (χ2n) is 5.75. The number of aryl methyl sites for hydroxylation is 3. The second kappa shape index (κ2) is 6.28. The van der Waals surface area contributed by atoms with Crippen molar-refractivity contribution in [3.63, 3.8) is 0 Å². The van der Waals surface area contributed by atoms with E-state index in [0.717, 1.165) is 23.3 Å². The Bertz CT molecular complexity index is 990. The molecule has 0 aliphatic rings. The van der Waals surface area contributed by atoms with Gasteiger partial charge in [0.15, 0.2) is 5.43 Å². The molecule has 3 aromatic rings. The molecule has 0 saturated carbocycles. The van der Waals surface area contributed by atoms with E-state index in [4.69, 9.17) is 0 Å². The molecule has 0 atom stereocenters. The summed E-state index contributed by atoms with van der Waals surface area (Å²) in [7, 11) is 0. The van der Waals surface area contributed by atoms with Crippen molar-refractivity contribution in [3.8, 4) is 0 Å². The van der Waals surface area contributed by atoms with Crippen LogP contribution in [0.5, 0.6) is 0 Å². The van der Waals surface area contributed by atoms with Crippen molar-refractivity contribution in [2.45, 2.75) is 27.3 Å². The summed E-state index contributed by atoms with van der Waals surface area (Å²) < 4.78 is 2.06. The number of rotatable bonds is 3. The number of hydrogen-bond donors (Lipinski definition) is 1. The smallest absolute Gasteiger partial charge is 0.256 e. The van der Waals surface area contributed by atoms with Crippen LogP contribution in [0, 0.1) is 13.8 Å². The highest BCUT2D eigenvalue weighted by Gasteiger charge is 2.12. The molecule has 0 spiro atoms. The van der Waals surface area contributed by atoms with Crippen LogP contribution in [0.15, 0.2) is 47.4 Å². The monoisotopic (exact) mass is 321 g/mol. The minimum absolute atomic E-state index is 0.0733. The van der Waals surface area contributed by atoms with Crippen molar-refractivity contribution < 1.29 is 4.79 Å². The van der Waals surface area contributed by atoms with Crippen LogP contribution in [0.2, 0.25) is 0 Å². The lowest BCUT2D eigenvalue weighted by Crippen LogP contribution is -2.16. The first-order chi connectivity index (χ1) is 11.5. The van der Waals surface area contributed by atoms with Crippen LogP contribution in [0.3, 0.4) is 0 Å². The molecule has 5 nitrogen and oxygen atoms in total. The predicted molar refractivity (Wildman–Crippen MR) is 95.5 cm³/mol. The fourth-order valence-corrected chi connectivity index (χ4v) is 2.86. The van der Waals surface area contributed by atoms with Gasteiger partial charge in [-0.15, -0.1) is 0 Å². The molecular weight excluding hydrogens is 302 g/mol. The van der Waals surface area contributed by atoms with E-state index in [1.807, 2.05) is 39.0 Å². The molecule has 0 aliphatic carbocycles. The van der Waals surface area contributed by atoms with E-state index in [1.54, 1.807) is 24.4 Å². The fraction of sp³-hybridized carbons (Fsp3) is 0.211. The third kappa shape index (κ3) is 2.80. The first kappa shape index (κ1) is 15.9. The summed E-state index contributed by atoms with van der Waals surface area (Å²) in [4.78, 5) is 28.9. The van der Waals surface area contributed by atoms with Crippen LogP contribution >= 0.6 is 0 Å². The first-order valence-corrected chi connectivity index (χ1v) is 7.88. The number of fused-ring (bicyclic) bond motifs is 1. The molecule has 3 rings (SSSR count). The molecule has 0 aliphatic heterocycles. The lowest BCUT2D eigenvalue weighted by molar-refractivity contribution is 0.102. The Morgan fingerprint density at radius 2 is 2.00 bits per heavy atom. The van der Waals surface area contributed by atoms with Gasteiger partial charge >= 0.3 is 0 Å². The maximum absolute atomic E-state index is 12.5. The van der Waals surface area contributed by atoms with E-state index >= 15 is 0 Å². The highest BCUT2D eigenvalue weighted by Crippen LogP contribution is 2.17. The van der Waals surface area contributed by atoms with Gasteiger partial charge in [0.05, 0.1) is 5.52 Å². The number of carbonyl (C=O) groups excluding carboxylic acids is 1. The second-order valence-corrected chi connectivity index (χ2v) is 5.75. The fourth-order valence-electron chi connectivity index (χ4n) is 2.86. The van der Waals surface area contributed by atoms with Gasteiger partial charge in [0.25, 0.3) is 5.91 Å². The molecule has 2 aromatic heterocycles. The van der Waals surface area contributed by atoms with Gasteiger partial charge in [-0.1, -0.05) is 6.07 Å². The third-order valence-corrected chi connectivity index (χ3v) is 4.14. The summed E-state index contributed by atoms with van der Waals surface area (Å²) in [5.41, 5.74) is 3.01. The van der Waals surface area contributed by atoms with Gasteiger partial charge in [-0.05, 0) is 50.6 Å².